The minimum atomic E-state index is 0.0974. The van der Waals surface area contributed by atoms with E-state index < -0.39 is 0 Å². The molecule has 2 aliphatic rings. The Morgan fingerprint density at radius 1 is 1.35 bits per heavy atom. The van der Waals surface area contributed by atoms with Gasteiger partial charge in [0, 0.05) is 30.6 Å². The van der Waals surface area contributed by atoms with Gasteiger partial charge in [-0.15, -0.1) is 0 Å². The molecule has 0 aromatic carbocycles. The Labute approximate surface area is 135 Å². The molecule has 4 atom stereocenters. The van der Waals surface area contributed by atoms with E-state index in [0.717, 1.165) is 30.5 Å². The van der Waals surface area contributed by atoms with Crippen LogP contribution in [-0.2, 0) is 11.3 Å². The lowest BCUT2D eigenvalue weighted by atomic mass is 9.72. The van der Waals surface area contributed by atoms with Crippen molar-refractivity contribution in [1.82, 2.24) is 14.8 Å². The van der Waals surface area contributed by atoms with Crippen LogP contribution >= 0.6 is 0 Å². The summed E-state index contributed by atoms with van der Waals surface area (Å²) in [6.07, 6.45) is 10.1. The fraction of sp³-hybridized carbons (Fsp3) is 0.471. The Kier molecular flexibility index (Phi) is 3.61. The molecule has 0 aliphatic heterocycles. The number of nitrogens with one attached hydrogen (secondary N) is 1. The molecule has 4 rings (SSSR count). The van der Waals surface area contributed by atoms with Crippen LogP contribution in [0.25, 0.3) is 0 Å². The fourth-order valence-corrected chi connectivity index (χ4v) is 3.93. The van der Waals surface area contributed by atoms with E-state index in [2.05, 4.69) is 15.4 Å². The molecular weight excluding hydrogens is 290 g/mol. The van der Waals surface area contributed by atoms with Gasteiger partial charge < -0.3 is 11.1 Å². The summed E-state index contributed by atoms with van der Waals surface area (Å²) >= 11 is 0. The first-order valence-corrected chi connectivity index (χ1v) is 8.17. The molecule has 0 bridgehead atoms. The van der Waals surface area contributed by atoms with Gasteiger partial charge in [0.25, 0.3) is 0 Å². The average Bonchev–Trinajstić information content (AvgIpc) is 3.12. The summed E-state index contributed by atoms with van der Waals surface area (Å²) in [6.45, 7) is 0.645. The van der Waals surface area contributed by atoms with Gasteiger partial charge in [0.05, 0.1) is 18.4 Å². The summed E-state index contributed by atoms with van der Waals surface area (Å²) in [5, 5.41) is 7.29. The smallest absolute Gasteiger partial charge is 0.227 e. The lowest BCUT2D eigenvalue weighted by Gasteiger charge is -2.37. The number of carbonyl (C=O) groups is 1. The maximum absolute atomic E-state index is 12.4. The number of anilines is 1. The predicted octanol–water partition coefficient (Wildman–Crippen LogP) is 1.64. The highest BCUT2D eigenvalue weighted by Gasteiger charge is 2.47. The number of aromatic nitrogens is 3. The molecule has 0 saturated heterocycles. The molecule has 120 valence electrons. The Morgan fingerprint density at radius 3 is 3.00 bits per heavy atom. The summed E-state index contributed by atoms with van der Waals surface area (Å²) in [5.41, 5.74) is 7.84. The first-order chi connectivity index (χ1) is 11.2. The number of fused-ring (bicyclic) bond motifs is 1. The minimum absolute atomic E-state index is 0.0974. The van der Waals surface area contributed by atoms with Crippen LogP contribution in [0.4, 0.5) is 5.69 Å². The standard InChI is InChI=1S/C17H21N5O/c18-16-6-12-4-13(5-15(12)16)17(23)21-14-8-20-22(10-14)9-11-2-1-3-19-7-11/h1-3,7-8,10,12-13,15-16H,4-6,9,18H2,(H,21,23). The molecule has 2 aliphatic carbocycles. The van der Waals surface area contributed by atoms with Crippen LogP contribution in [0.2, 0.25) is 0 Å². The van der Waals surface area contributed by atoms with Gasteiger partial charge >= 0.3 is 0 Å². The highest BCUT2D eigenvalue weighted by atomic mass is 16.1. The largest absolute Gasteiger partial charge is 0.327 e. The number of carbonyl (C=O) groups excluding carboxylic acids is 1. The zero-order chi connectivity index (χ0) is 15.8. The van der Waals surface area contributed by atoms with Gasteiger partial charge in [0.15, 0.2) is 0 Å². The highest BCUT2D eigenvalue weighted by Crippen LogP contribution is 2.49. The summed E-state index contributed by atoms with van der Waals surface area (Å²) in [5.74, 6) is 1.42. The molecule has 2 aromatic heterocycles. The molecule has 2 aromatic rings. The van der Waals surface area contributed by atoms with Crippen LogP contribution in [-0.4, -0.2) is 26.7 Å². The molecule has 6 nitrogen and oxygen atoms in total. The van der Waals surface area contributed by atoms with Crippen molar-refractivity contribution in [2.45, 2.75) is 31.8 Å². The molecule has 23 heavy (non-hydrogen) atoms. The van der Waals surface area contributed by atoms with E-state index in [0.29, 0.717) is 24.4 Å². The summed E-state index contributed by atoms with van der Waals surface area (Å²) in [6, 6.07) is 4.21. The van der Waals surface area contributed by atoms with Gasteiger partial charge in [-0.2, -0.15) is 5.10 Å². The van der Waals surface area contributed by atoms with Crippen molar-refractivity contribution in [2.75, 3.05) is 5.32 Å². The third-order valence-corrected chi connectivity index (χ3v) is 5.21. The van der Waals surface area contributed by atoms with Crippen LogP contribution in [0.5, 0.6) is 0 Å². The zero-order valence-corrected chi connectivity index (χ0v) is 12.9. The van der Waals surface area contributed by atoms with Crippen LogP contribution in [0.15, 0.2) is 36.9 Å². The average molecular weight is 311 g/mol. The Morgan fingerprint density at radius 2 is 2.26 bits per heavy atom. The van der Waals surface area contributed by atoms with E-state index in [1.54, 1.807) is 17.1 Å². The number of nitrogens with two attached hydrogens (primary N) is 1. The quantitative estimate of drug-likeness (QED) is 0.899. The summed E-state index contributed by atoms with van der Waals surface area (Å²) in [4.78, 5) is 16.5. The van der Waals surface area contributed by atoms with Crippen LogP contribution in [0.1, 0.15) is 24.8 Å². The van der Waals surface area contributed by atoms with E-state index in [-0.39, 0.29) is 11.8 Å². The Bertz CT molecular complexity index is 698. The van der Waals surface area contributed by atoms with Gasteiger partial charge in [0.1, 0.15) is 0 Å². The van der Waals surface area contributed by atoms with Crippen molar-refractivity contribution in [3.63, 3.8) is 0 Å². The molecule has 0 spiro atoms. The highest BCUT2D eigenvalue weighted by molar-refractivity contribution is 5.92. The van der Waals surface area contributed by atoms with Gasteiger partial charge in [-0.25, -0.2) is 0 Å². The maximum atomic E-state index is 12.4. The third kappa shape index (κ3) is 2.86. The Balaban J connectivity index is 1.35. The van der Waals surface area contributed by atoms with Crippen molar-refractivity contribution in [1.29, 1.82) is 0 Å². The Hall–Kier alpha value is -2.21. The first-order valence-electron chi connectivity index (χ1n) is 8.17. The van der Waals surface area contributed by atoms with Gasteiger partial charge in [-0.05, 0) is 42.7 Å². The second-order valence-corrected chi connectivity index (χ2v) is 6.77. The lowest BCUT2D eigenvalue weighted by Crippen LogP contribution is -2.44. The van der Waals surface area contributed by atoms with Crippen molar-refractivity contribution in [3.05, 3.63) is 42.5 Å². The molecule has 2 heterocycles. The fourth-order valence-electron chi connectivity index (χ4n) is 3.93. The van der Waals surface area contributed by atoms with E-state index in [1.807, 2.05) is 24.5 Å². The monoisotopic (exact) mass is 311 g/mol. The first kappa shape index (κ1) is 14.4. The summed E-state index contributed by atoms with van der Waals surface area (Å²) in [7, 11) is 0. The summed E-state index contributed by atoms with van der Waals surface area (Å²) < 4.78 is 1.81. The molecule has 3 N–H and O–H groups in total. The van der Waals surface area contributed by atoms with E-state index >= 15 is 0 Å². The van der Waals surface area contributed by atoms with Gasteiger partial charge in [0.2, 0.25) is 5.91 Å². The third-order valence-electron chi connectivity index (χ3n) is 5.21. The van der Waals surface area contributed by atoms with Crippen LogP contribution in [0, 0.1) is 17.8 Å². The molecule has 2 saturated carbocycles. The van der Waals surface area contributed by atoms with Gasteiger partial charge in [-0.1, -0.05) is 6.07 Å². The van der Waals surface area contributed by atoms with Crippen molar-refractivity contribution in [3.8, 4) is 0 Å². The number of nitrogens with zero attached hydrogens (tertiary/aromatic N) is 3. The van der Waals surface area contributed by atoms with Gasteiger partial charge in [-0.3, -0.25) is 14.5 Å². The van der Waals surface area contributed by atoms with Crippen LogP contribution < -0.4 is 11.1 Å². The zero-order valence-electron chi connectivity index (χ0n) is 12.9. The molecule has 6 heteroatoms. The topological polar surface area (TPSA) is 85.8 Å². The molecular formula is C17H21N5O. The number of hydrogen-bond donors (Lipinski definition) is 2. The second kappa shape index (κ2) is 5.77. The van der Waals surface area contributed by atoms with E-state index in [9.17, 15) is 4.79 Å². The van der Waals surface area contributed by atoms with Crippen molar-refractivity contribution in [2.24, 2.45) is 23.5 Å². The normalized spacial score (nSPS) is 28.9. The van der Waals surface area contributed by atoms with Crippen molar-refractivity contribution < 1.29 is 4.79 Å². The molecule has 4 unspecified atom stereocenters. The van der Waals surface area contributed by atoms with Crippen molar-refractivity contribution >= 4 is 11.6 Å². The van der Waals surface area contributed by atoms with E-state index in [4.69, 9.17) is 5.73 Å². The number of rotatable bonds is 4. The minimum Gasteiger partial charge on any atom is -0.327 e. The number of pyridine rings is 1. The molecule has 0 radical (unpaired) electrons. The predicted molar refractivity (Wildman–Crippen MR) is 86.5 cm³/mol. The molecule has 2 fully saturated rings. The number of amides is 1. The number of hydrogen-bond acceptors (Lipinski definition) is 4. The SMILES string of the molecule is NC1CC2CC(C(=O)Nc3cnn(Cc4cccnc4)c3)CC12. The second-order valence-electron chi connectivity index (χ2n) is 6.77. The van der Waals surface area contributed by atoms with E-state index in [1.165, 1.54) is 0 Å². The molecule has 1 amide bonds. The maximum Gasteiger partial charge on any atom is 0.227 e. The lowest BCUT2D eigenvalue weighted by molar-refractivity contribution is -0.119. The van der Waals surface area contributed by atoms with Crippen LogP contribution in [0.3, 0.4) is 0 Å².